The maximum absolute atomic E-state index is 14.7. The largest absolute Gasteiger partial charge is 0.342 e. The maximum Gasteiger partial charge on any atom is 0.315 e. The van der Waals surface area contributed by atoms with E-state index in [9.17, 15) is 9.18 Å². The molecule has 0 saturated carbocycles. The normalized spacial score (nSPS) is 11.8. The molecule has 0 aliphatic rings. The molecule has 2 amide bonds. The second kappa shape index (κ2) is 8.83. The number of hydrogen-bond donors (Lipinski definition) is 2. The topological polar surface area (TPSA) is 74.6 Å². The molecule has 2 N–H and O–H groups in total. The first-order chi connectivity index (χ1) is 15.0. The Morgan fingerprint density at radius 3 is 2.65 bits per heavy atom. The number of fused-ring (bicyclic) bond motifs is 1. The van der Waals surface area contributed by atoms with Crippen molar-refractivity contribution in [2.45, 2.75) is 19.5 Å². The second-order valence-corrected chi connectivity index (χ2v) is 7.22. The molecule has 2 heterocycles. The number of hydrogen-bond acceptors (Lipinski definition) is 4. The number of nitrogens with zero attached hydrogens (tertiary/aromatic N) is 4. The molecule has 0 radical (unpaired) electrons. The van der Waals surface area contributed by atoms with Crippen molar-refractivity contribution in [1.29, 1.82) is 0 Å². The molecule has 1 atom stereocenters. The zero-order chi connectivity index (χ0) is 21.8. The molecule has 0 fully saturated rings. The number of pyridine rings is 1. The van der Waals surface area contributed by atoms with E-state index in [2.05, 4.69) is 20.8 Å². The Morgan fingerprint density at radius 1 is 1.10 bits per heavy atom. The number of anilines is 2. The number of halogens is 1. The van der Waals surface area contributed by atoms with Crippen LogP contribution in [0.15, 0.2) is 72.9 Å². The minimum atomic E-state index is -0.369. The summed E-state index contributed by atoms with van der Waals surface area (Å²) < 4.78 is 16.5. The lowest BCUT2D eigenvalue weighted by atomic mass is 10.1. The van der Waals surface area contributed by atoms with Crippen LogP contribution in [0.4, 0.5) is 20.6 Å². The number of aromatic nitrogens is 3. The number of urea groups is 1. The molecule has 158 valence electrons. The third-order valence-electron chi connectivity index (χ3n) is 5.05. The lowest BCUT2D eigenvalue weighted by molar-refractivity contribution is 0.237. The Morgan fingerprint density at radius 2 is 1.87 bits per heavy atom. The highest BCUT2D eigenvalue weighted by Crippen LogP contribution is 2.26. The van der Waals surface area contributed by atoms with Crippen LogP contribution in [0, 0.1) is 5.82 Å². The van der Waals surface area contributed by atoms with Gasteiger partial charge in [-0.3, -0.25) is 4.40 Å². The third-order valence-corrected chi connectivity index (χ3v) is 5.05. The minimum absolute atomic E-state index is 0.200. The molecule has 4 aromatic rings. The van der Waals surface area contributed by atoms with Crippen LogP contribution in [0.1, 0.15) is 24.4 Å². The van der Waals surface area contributed by atoms with Crippen LogP contribution >= 0.6 is 0 Å². The summed E-state index contributed by atoms with van der Waals surface area (Å²) in [6.45, 7) is 2.03. The first kappa shape index (κ1) is 20.3. The van der Waals surface area contributed by atoms with Gasteiger partial charge in [0.05, 0.1) is 11.7 Å². The fourth-order valence-electron chi connectivity index (χ4n) is 3.37. The van der Waals surface area contributed by atoms with Gasteiger partial charge >= 0.3 is 6.03 Å². The van der Waals surface area contributed by atoms with Crippen molar-refractivity contribution in [3.05, 3.63) is 90.1 Å². The molecular weight excluding hydrogens is 395 g/mol. The van der Waals surface area contributed by atoms with Crippen molar-refractivity contribution in [2.24, 2.45) is 0 Å². The van der Waals surface area contributed by atoms with Gasteiger partial charge in [-0.1, -0.05) is 30.3 Å². The van der Waals surface area contributed by atoms with Crippen LogP contribution in [-0.2, 0) is 6.54 Å². The van der Waals surface area contributed by atoms with E-state index in [4.69, 9.17) is 0 Å². The number of nitrogens with one attached hydrogen (secondary N) is 2. The fraction of sp³-hybridized carbons (Fsp3) is 0.174. The molecule has 1 unspecified atom stereocenters. The van der Waals surface area contributed by atoms with E-state index in [1.807, 2.05) is 73.1 Å². The molecule has 0 aliphatic heterocycles. The van der Waals surface area contributed by atoms with Gasteiger partial charge in [-0.15, -0.1) is 10.2 Å². The molecule has 31 heavy (non-hydrogen) atoms. The number of carbonyl (C=O) groups excluding carboxylic acids is 1. The molecule has 2 aromatic heterocycles. The molecular formula is C23H23FN6O. The van der Waals surface area contributed by atoms with Gasteiger partial charge < -0.3 is 15.5 Å². The van der Waals surface area contributed by atoms with Crippen LogP contribution in [-0.4, -0.2) is 27.7 Å². The Labute approximate surface area is 179 Å². The van der Waals surface area contributed by atoms with Crippen molar-refractivity contribution >= 4 is 23.1 Å². The monoisotopic (exact) mass is 418 g/mol. The Balaban J connectivity index is 1.36. The summed E-state index contributed by atoms with van der Waals surface area (Å²) >= 11 is 0. The number of amides is 2. The SMILES string of the molecule is CC(NC(=O)NCc1ccc(N(C)c2ccccc2)c(F)c1)c1nnc2ccccn12. The molecule has 0 bridgehead atoms. The van der Waals surface area contributed by atoms with Gasteiger partial charge in [0.25, 0.3) is 0 Å². The van der Waals surface area contributed by atoms with E-state index in [0.717, 1.165) is 5.69 Å². The summed E-state index contributed by atoms with van der Waals surface area (Å²) in [6.07, 6.45) is 1.84. The molecule has 0 saturated heterocycles. The van der Waals surface area contributed by atoms with Gasteiger partial charge in [0.2, 0.25) is 0 Å². The first-order valence-corrected chi connectivity index (χ1v) is 9.94. The molecule has 0 aliphatic carbocycles. The predicted molar refractivity (Wildman–Crippen MR) is 118 cm³/mol. The average molecular weight is 418 g/mol. The zero-order valence-corrected chi connectivity index (χ0v) is 17.3. The highest BCUT2D eigenvalue weighted by atomic mass is 19.1. The second-order valence-electron chi connectivity index (χ2n) is 7.22. The Kier molecular flexibility index (Phi) is 5.79. The number of benzene rings is 2. The van der Waals surface area contributed by atoms with Gasteiger partial charge in [-0.05, 0) is 48.9 Å². The number of rotatable bonds is 6. The summed E-state index contributed by atoms with van der Waals surface area (Å²) in [5, 5.41) is 13.8. The third kappa shape index (κ3) is 4.48. The molecule has 8 heteroatoms. The van der Waals surface area contributed by atoms with Gasteiger partial charge in [0, 0.05) is 25.5 Å². The standard InChI is InChI=1S/C23H23FN6O/c1-16(22-28-27-21-10-6-7-13-30(21)22)26-23(31)25-15-17-11-12-20(19(24)14-17)29(2)18-8-4-3-5-9-18/h3-14,16H,15H2,1-2H3,(H2,25,26,31). The zero-order valence-electron chi connectivity index (χ0n) is 17.3. The van der Waals surface area contributed by atoms with Gasteiger partial charge in [0.1, 0.15) is 5.82 Å². The summed E-state index contributed by atoms with van der Waals surface area (Å²) in [5.41, 5.74) is 2.73. The highest BCUT2D eigenvalue weighted by molar-refractivity contribution is 5.74. The summed E-state index contributed by atoms with van der Waals surface area (Å²) in [6, 6.07) is 19.4. The lowest BCUT2D eigenvalue weighted by Gasteiger charge is -2.20. The predicted octanol–water partition coefficient (Wildman–Crippen LogP) is 4.20. The Bertz CT molecular complexity index is 1190. The van der Waals surface area contributed by atoms with E-state index < -0.39 is 0 Å². The molecule has 0 spiro atoms. The quantitative estimate of drug-likeness (QED) is 0.492. The van der Waals surface area contributed by atoms with Crippen LogP contribution < -0.4 is 15.5 Å². The molecule has 2 aromatic carbocycles. The van der Waals surface area contributed by atoms with Crippen LogP contribution in [0.5, 0.6) is 0 Å². The van der Waals surface area contributed by atoms with Gasteiger partial charge in [-0.25, -0.2) is 9.18 Å². The number of para-hydroxylation sites is 1. The van der Waals surface area contributed by atoms with Crippen LogP contribution in [0.25, 0.3) is 5.65 Å². The van der Waals surface area contributed by atoms with Gasteiger partial charge in [-0.2, -0.15) is 0 Å². The van der Waals surface area contributed by atoms with Crippen molar-refractivity contribution in [2.75, 3.05) is 11.9 Å². The lowest BCUT2D eigenvalue weighted by Crippen LogP contribution is -2.37. The van der Waals surface area contributed by atoms with Crippen molar-refractivity contribution in [3.63, 3.8) is 0 Å². The average Bonchev–Trinajstić information content (AvgIpc) is 3.22. The molecule has 7 nitrogen and oxygen atoms in total. The minimum Gasteiger partial charge on any atom is -0.342 e. The van der Waals surface area contributed by atoms with Crippen molar-refractivity contribution < 1.29 is 9.18 Å². The maximum atomic E-state index is 14.7. The first-order valence-electron chi connectivity index (χ1n) is 9.94. The van der Waals surface area contributed by atoms with E-state index >= 15 is 0 Å². The van der Waals surface area contributed by atoms with Crippen LogP contribution in [0.2, 0.25) is 0 Å². The van der Waals surface area contributed by atoms with Crippen LogP contribution in [0.3, 0.4) is 0 Å². The summed E-state index contributed by atoms with van der Waals surface area (Å²) in [5.74, 6) is 0.277. The fourth-order valence-corrected chi connectivity index (χ4v) is 3.37. The van der Waals surface area contributed by atoms with Gasteiger partial charge in [0.15, 0.2) is 11.5 Å². The van der Waals surface area contributed by atoms with E-state index in [1.54, 1.807) is 17.0 Å². The number of carbonyl (C=O) groups is 1. The van der Waals surface area contributed by atoms with E-state index in [-0.39, 0.29) is 24.4 Å². The summed E-state index contributed by atoms with van der Waals surface area (Å²) in [4.78, 5) is 14.1. The van der Waals surface area contributed by atoms with E-state index in [1.165, 1.54) is 6.07 Å². The highest BCUT2D eigenvalue weighted by Gasteiger charge is 2.16. The smallest absolute Gasteiger partial charge is 0.315 e. The van der Waals surface area contributed by atoms with Crippen molar-refractivity contribution in [1.82, 2.24) is 25.2 Å². The summed E-state index contributed by atoms with van der Waals surface area (Å²) in [7, 11) is 1.81. The van der Waals surface area contributed by atoms with E-state index in [0.29, 0.717) is 22.7 Å². The molecule has 4 rings (SSSR count). The Hall–Kier alpha value is -3.94. The van der Waals surface area contributed by atoms with Crippen molar-refractivity contribution in [3.8, 4) is 0 Å².